The highest BCUT2D eigenvalue weighted by Gasteiger charge is 2.27. The van der Waals surface area contributed by atoms with E-state index >= 15 is 0 Å². The summed E-state index contributed by atoms with van der Waals surface area (Å²) in [5.41, 5.74) is 0. The van der Waals surface area contributed by atoms with Crippen molar-refractivity contribution in [2.75, 3.05) is 32.8 Å². The molecule has 1 rings (SSSR count). The first kappa shape index (κ1) is 9.48. The van der Waals surface area contributed by atoms with Crippen LogP contribution in [-0.4, -0.2) is 48.7 Å². The van der Waals surface area contributed by atoms with Gasteiger partial charge in [0.1, 0.15) is 0 Å². The van der Waals surface area contributed by atoms with Crippen LogP contribution in [0.15, 0.2) is 0 Å². The molecule has 4 nitrogen and oxygen atoms in total. The van der Waals surface area contributed by atoms with E-state index in [2.05, 4.69) is 5.32 Å². The molecule has 1 fully saturated rings. The van der Waals surface area contributed by atoms with Gasteiger partial charge in [-0.25, -0.2) is 0 Å². The second-order valence-electron chi connectivity index (χ2n) is 3.00. The third-order valence-electron chi connectivity index (χ3n) is 2.19. The van der Waals surface area contributed by atoms with Crippen molar-refractivity contribution in [1.82, 2.24) is 10.2 Å². The smallest absolute Gasteiger partial charge is 0.228 e. The maximum absolute atomic E-state index is 11.5. The molecule has 0 radical (unpaired) electrons. The fourth-order valence-corrected chi connectivity index (χ4v) is 1.27. The fourth-order valence-electron chi connectivity index (χ4n) is 1.27. The third kappa shape index (κ3) is 1.95. The lowest BCUT2D eigenvalue weighted by atomic mass is 10.0. The molecular weight excluding hydrogens is 156 g/mol. The van der Waals surface area contributed by atoms with Crippen molar-refractivity contribution in [1.29, 1.82) is 0 Å². The fraction of sp³-hybridized carbons (Fsp3) is 0.875. The summed E-state index contributed by atoms with van der Waals surface area (Å²) in [5.74, 6) is 0.321. The number of hydrogen-bond donors (Lipinski definition) is 2. The minimum absolute atomic E-state index is 0.0553. The average molecular weight is 172 g/mol. The largest absolute Gasteiger partial charge is 0.395 e. The summed E-state index contributed by atoms with van der Waals surface area (Å²) in [6.45, 7) is 4.72. The molecule has 0 aromatic rings. The Labute approximate surface area is 72.6 Å². The Balaban J connectivity index is 2.35. The normalized spacial score (nSPS) is 17.2. The third-order valence-corrected chi connectivity index (χ3v) is 2.19. The minimum Gasteiger partial charge on any atom is -0.395 e. The van der Waals surface area contributed by atoms with Gasteiger partial charge >= 0.3 is 0 Å². The molecule has 2 N–H and O–H groups in total. The lowest BCUT2D eigenvalue weighted by Gasteiger charge is -2.31. The van der Waals surface area contributed by atoms with Crippen molar-refractivity contribution in [3.05, 3.63) is 0 Å². The van der Waals surface area contributed by atoms with Crippen LogP contribution in [0.5, 0.6) is 0 Å². The number of likely N-dealkylation sites (N-methyl/N-ethyl adjacent to an activating group) is 1. The molecule has 0 aromatic heterocycles. The number of carbonyl (C=O) groups excluding carboxylic acids is 1. The molecule has 0 atom stereocenters. The van der Waals surface area contributed by atoms with Crippen LogP contribution in [-0.2, 0) is 4.79 Å². The standard InChI is InChI=1S/C8H16N2O2/c1-2-10(3-4-11)8(12)7-5-9-6-7/h7,9,11H,2-6H2,1H3. The van der Waals surface area contributed by atoms with Gasteiger partial charge in [0.15, 0.2) is 0 Å². The molecule has 1 amide bonds. The quantitative estimate of drug-likeness (QED) is 0.574. The molecule has 70 valence electrons. The molecule has 0 aromatic carbocycles. The molecule has 12 heavy (non-hydrogen) atoms. The number of hydrogen-bond acceptors (Lipinski definition) is 3. The van der Waals surface area contributed by atoms with Gasteiger partial charge in [0.05, 0.1) is 12.5 Å². The van der Waals surface area contributed by atoms with E-state index in [-0.39, 0.29) is 18.4 Å². The summed E-state index contributed by atoms with van der Waals surface area (Å²) < 4.78 is 0. The number of aliphatic hydroxyl groups excluding tert-OH is 1. The van der Waals surface area contributed by atoms with Gasteiger partial charge < -0.3 is 15.3 Å². The summed E-state index contributed by atoms with van der Waals surface area (Å²) >= 11 is 0. The molecular formula is C8H16N2O2. The van der Waals surface area contributed by atoms with Crippen LogP contribution in [0.2, 0.25) is 0 Å². The number of nitrogens with zero attached hydrogens (tertiary/aromatic N) is 1. The molecule has 1 heterocycles. The van der Waals surface area contributed by atoms with Crippen molar-refractivity contribution in [2.45, 2.75) is 6.92 Å². The first-order chi connectivity index (χ1) is 5.79. The van der Waals surface area contributed by atoms with Crippen LogP contribution in [0, 0.1) is 5.92 Å². The molecule has 0 bridgehead atoms. The monoisotopic (exact) mass is 172 g/mol. The van der Waals surface area contributed by atoms with Gasteiger partial charge in [-0.2, -0.15) is 0 Å². The molecule has 0 aliphatic carbocycles. The van der Waals surface area contributed by atoms with E-state index in [9.17, 15) is 4.79 Å². The van der Waals surface area contributed by atoms with Crippen LogP contribution in [0.25, 0.3) is 0 Å². The molecule has 1 saturated heterocycles. The highest BCUT2D eigenvalue weighted by atomic mass is 16.3. The molecule has 1 aliphatic rings. The molecule has 4 heteroatoms. The summed E-state index contributed by atoms with van der Waals surface area (Å²) in [4.78, 5) is 13.2. The van der Waals surface area contributed by atoms with Crippen molar-refractivity contribution >= 4 is 5.91 Å². The Bertz CT molecular complexity index is 157. The Hall–Kier alpha value is -0.610. The van der Waals surface area contributed by atoms with Gasteiger partial charge in [0, 0.05) is 26.2 Å². The lowest BCUT2D eigenvalue weighted by Crippen LogP contribution is -2.52. The lowest BCUT2D eigenvalue weighted by molar-refractivity contribution is -0.137. The van der Waals surface area contributed by atoms with Gasteiger partial charge in [0.2, 0.25) is 5.91 Å². The molecule has 0 unspecified atom stereocenters. The highest BCUT2D eigenvalue weighted by Crippen LogP contribution is 2.07. The van der Waals surface area contributed by atoms with Crippen molar-refractivity contribution in [3.63, 3.8) is 0 Å². The van der Waals surface area contributed by atoms with Crippen LogP contribution >= 0.6 is 0 Å². The van der Waals surface area contributed by atoms with E-state index in [0.717, 1.165) is 13.1 Å². The summed E-state index contributed by atoms with van der Waals surface area (Å²) in [6, 6.07) is 0. The van der Waals surface area contributed by atoms with E-state index in [0.29, 0.717) is 13.1 Å². The van der Waals surface area contributed by atoms with Crippen LogP contribution in [0.4, 0.5) is 0 Å². The van der Waals surface area contributed by atoms with Crippen LogP contribution < -0.4 is 5.32 Å². The summed E-state index contributed by atoms with van der Waals surface area (Å²) in [5, 5.41) is 11.7. The van der Waals surface area contributed by atoms with Gasteiger partial charge in [-0.1, -0.05) is 0 Å². The molecule has 0 saturated carbocycles. The zero-order valence-corrected chi connectivity index (χ0v) is 7.42. The zero-order valence-electron chi connectivity index (χ0n) is 7.42. The van der Waals surface area contributed by atoms with Crippen LogP contribution in [0.3, 0.4) is 0 Å². The number of aliphatic hydroxyl groups is 1. The van der Waals surface area contributed by atoms with Gasteiger partial charge in [-0.15, -0.1) is 0 Å². The first-order valence-corrected chi connectivity index (χ1v) is 4.40. The number of rotatable bonds is 4. The van der Waals surface area contributed by atoms with E-state index in [1.54, 1.807) is 4.90 Å². The van der Waals surface area contributed by atoms with E-state index in [4.69, 9.17) is 5.11 Å². The summed E-state index contributed by atoms with van der Waals surface area (Å²) in [6.07, 6.45) is 0. The Morgan fingerprint density at radius 2 is 2.33 bits per heavy atom. The second kappa shape index (κ2) is 4.42. The van der Waals surface area contributed by atoms with Gasteiger partial charge in [-0.3, -0.25) is 4.79 Å². The minimum atomic E-state index is 0.0553. The van der Waals surface area contributed by atoms with Gasteiger partial charge in [0.25, 0.3) is 0 Å². The molecule has 1 aliphatic heterocycles. The number of carbonyl (C=O) groups is 1. The van der Waals surface area contributed by atoms with Crippen molar-refractivity contribution < 1.29 is 9.90 Å². The van der Waals surface area contributed by atoms with Gasteiger partial charge in [-0.05, 0) is 6.92 Å². The highest BCUT2D eigenvalue weighted by molar-refractivity contribution is 5.80. The van der Waals surface area contributed by atoms with E-state index < -0.39 is 0 Å². The van der Waals surface area contributed by atoms with Crippen molar-refractivity contribution in [2.24, 2.45) is 5.92 Å². The number of nitrogens with one attached hydrogen (secondary N) is 1. The predicted molar refractivity (Wildman–Crippen MR) is 45.7 cm³/mol. The maximum atomic E-state index is 11.5. The second-order valence-corrected chi connectivity index (χ2v) is 3.00. The maximum Gasteiger partial charge on any atom is 0.228 e. The predicted octanol–water partition coefficient (Wildman–Crippen LogP) is -0.953. The van der Waals surface area contributed by atoms with Crippen molar-refractivity contribution in [3.8, 4) is 0 Å². The zero-order chi connectivity index (χ0) is 8.97. The Kier molecular flexibility index (Phi) is 3.49. The summed E-state index contributed by atoms with van der Waals surface area (Å²) in [7, 11) is 0. The SMILES string of the molecule is CCN(CCO)C(=O)C1CNC1. The van der Waals surface area contributed by atoms with E-state index in [1.807, 2.05) is 6.92 Å². The number of amides is 1. The van der Waals surface area contributed by atoms with Crippen LogP contribution in [0.1, 0.15) is 6.92 Å². The average Bonchev–Trinajstić information content (AvgIpc) is 1.96. The first-order valence-electron chi connectivity index (χ1n) is 4.40. The Morgan fingerprint density at radius 1 is 1.67 bits per heavy atom. The molecule has 0 spiro atoms. The Morgan fingerprint density at radius 3 is 2.67 bits per heavy atom. The topological polar surface area (TPSA) is 52.6 Å². The van der Waals surface area contributed by atoms with E-state index in [1.165, 1.54) is 0 Å².